The van der Waals surface area contributed by atoms with E-state index in [-0.39, 0.29) is 17.9 Å². The molecule has 0 radical (unpaired) electrons. The summed E-state index contributed by atoms with van der Waals surface area (Å²) in [4.78, 5) is 14.2. The molecule has 134 valence electrons. The van der Waals surface area contributed by atoms with Crippen LogP contribution >= 0.6 is 15.9 Å². The van der Waals surface area contributed by atoms with Gasteiger partial charge in [-0.25, -0.2) is 13.6 Å². The van der Waals surface area contributed by atoms with E-state index in [2.05, 4.69) is 15.9 Å². The first kappa shape index (κ1) is 18.5. The Bertz CT molecular complexity index is 1030. The molecule has 7 nitrogen and oxygen atoms in total. The Morgan fingerprint density at radius 2 is 1.88 bits per heavy atom. The zero-order valence-electron chi connectivity index (χ0n) is 13.4. The number of nitrogens with two attached hydrogens (primary N) is 1. The van der Waals surface area contributed by atoms with Crippen molar-refractivity contribution in [3.63, 3.8) is 0 Å². The van der Waals surface area contributed by atoms with Crippen molar-refractivity contribution in [2.75, 3.05) is 4.90 Å². The van der Waals surface area contributed by atoms with Crippen molar-refractivity contribution < 1.29 is 18.3 Å². The van der Waals surface area contributed by atoms with Gasteiger partial charge in [-0.1, -0.05) is 34.1 Å². The summed E-state index contributed by atoms with van der Waals surface area (Å²) in [6.45, 7) is 0.112. The highest BCUT2D eigenvalue weighted by molar-refractivity contribution is 9.10. The maximum Gasteiger partial charge on any atom is 0.265 e. The topological polar surface area (TPSA) is 124 Å². The van der Waals surface area contributed by atoms with Crippen LogP contribution in [0, 0.1) is 11.3 Å². The average Bonchev–Trinajstić information content (AvgIpc) is 2.76. The van der Waals surface area contributed by atoms with E-state index in [1.807, 2.05) is 6.07 Å². The molecule has 0 aliphatic carbocycles. The number of halogens is 1. The lowest BCUT2D eigenvalue weighted by molar-refractivity contribution is -0.135. The van der Waals surface area contributed by atoms with Gasteiger partial charge in [0.25, 0.3) is 5.91 Å². The van der Waals surface area contributed by atoms with Crippen LogP contribution in [0.4, 0.5) is 5.69 Å². The molecular formula is C17H14BrN3O4S. The fourth-order valence-corrected chi connectivity index (χ4v) is 3.80. The van der Waals surface area contributed by atoms with Gasteiger partial charge < -0.3 is 10.0 Å². The summed E-state index contributed by atoms with van der Waals surface area (Å²) >= 11 is 3.34. The molecule has 1 unspecified atom stereocenters. The number of rotatable bonds is 4. The minimum atomic E-state index is -3.80. The Kier molecular flexibility index (Phi) is 4.62. The molecule has 1 amide bonds. The van der Waals surface area contributed by atoms with Gasteiger partial charge in [0, 0.05) is 10.0 Å². The number of aliphatic hydroxyl groups is 1. The maximum absolute atomic E-state index is 12.8. The summed E-state index contributed by atoms with van der Waals surface area (Å²) < 4.78 is 23.4. The second-order valence-electron chi connectivity index (χ2n) is 5.94. The smallest absolute Gasteiger partial charge is 0.265 e. The molecular weight excluding hydrogens is 422 g/mol. The van der Waals surface area contributed by atoms with E-state index in [9.17, 15) is 18.3 Å². The Morgan fingerprint density at radius 3 is 2.46 bits per heavy atom. The summed E-state index contributed by atoms with van der Waals surface area (Å²) in [5.74, 6) is -0.595. The van der Waals surface area contributed by atoms with Crippen LogP contribution in [0.15, 0.2) is 51.8 Å². The van der Waals surface area contributed by atoms with Gasteiger partial charge in [-0.2, -0.15) is 5.26 Å². The molecule has 1 atom stereocenters. The highest BCUT2D eigenvalue weighted by Crippen LogP contribution is 2.44. The van der Waals surface area contributed by atoms with Crippen LogP contribution in [0.25, 0.3) is 0 Å². The maximum atomic E-state index is 12.8. The largest absolute Gasteiger partial charge is 0.374 e. The Balaban J connectivity index is 2.00. The highest BCUT2D eigenvalue weighted by Gasteiger charge is 2.49. The van der Waals surface area contributed by atoms with Crippen molar-refractivity contribution in [1.82, 2.24) is 0 Å². The normalized spacial score (nSPS) is 19.3. The Hall–Kier alpha value is -2.25. The molecule has 26 heavy (non-hydrogen) atoms. The van der Waals surface area contributed by atoms with Crippen molar-refractivity contribution in [2.24, 2.45) is 5.14 Å². The summed E-state index contributed by atoms with van der Waals surface area (Å²) in [5, 5.41) is 24.9. The van der Waals surface area contributed by atoms with E-state index in [0.717, 1.165) is 4.47 Å². The molecule has 0 aromatic heterocycles. The van der Waals surface area contributed by atoms with Crippen molar-refractivity contribution in [2.45, 2.75) is 23.5 Å². The first-order valence-corrected chi connectivity index (χ1v) is 9.84. The number of carbonyl (C=O) groups excluding carboxylic acids is 1. The second-order valence-corrected chi connectivity index (χ2v) is 8.41. The average molecular weight is 436 g/mol. The van der Waals surface area contributed by atoms with Crippen LogP contribution in [0.2, 0.25) is 0 Å². The number of benzene rings is 2. The van der Waals surface area contributed by atoms with Gasteiger partial charge >= 0.3 is 0 Å². The van der Waals surface area contributed by atoms with Crippen molar-refractivity contribution in [3.05, 3.63) is 58.1 Å². The van der Waals surface area contributed by atoms with Crippen molar-refractivity contribution in [3.8, 4) is 6.07 Å². The number of amides is 1. The fraction of sp³-hybridized carbons (Fsp3) is 0.176. The zero-order chi connectivity index (χ0) is 19.1. The molecule has 0 fully saturated rings. The lowest BCUT2D eigenvalue weighted by atomic mass is 9.93. The second kappa shape index (κ2) is 6.48. The molecule has 0 bridgehead atoms. The van der Waals surface area contributed by atoms with Crippen LogP contribution < -0.4 is 10.0 Å². The first-order valence-electron chi connectivity index (χ1n) is 7.50. The van der Waals surface area contributed by atoms with E-state index >= 15 is 0 Å². The van der Waals surface area contributed by atoms with Gasteiger partial charge in [-0.15, -0.1) is 0 Å². The number of fused-ring (bicyclic) bond motifs is 1. The first-order chi connectivity index (χ1) is 12.2. The van der Waals surface area contributed by atoms with Gasteiger partial charge in [0.2, 0.25) is 10.0 Å². The number of primary sulfonamides is 1. The number of hydrogen-bond donors (Lipinski definition) is 2. The summed E-state index contributed by atoms with van der Waals surface area (Å²) in [6.07, 6.45) is -0.360. The fourth-order valence-electron chi connectivity index (χ4n) is 2.94. The number of sulfonamides is 1. The number of hydrogen-bond acceptors (Lipinski definition) is 5. The number of carbonyl (C=O) groups is 1. The lowest BCUT2D eigenvalue weighted by Crippen LogP contribution is -2.39. The summed E-state index contributed by atoms with van der Waals surface area (Å²) in [7, 11) is -3.80. The van der Waals surface area contributed by atoms with Crippen molar-refractivity contribution in [1.29, 1.82) is 5.26 Å². The van der Waals surface area contributed by atoms with Crippen LogP contribution in [0.3, 0.4) is 0 Å². The quantitative estimate of drug-likeness (QED) is 0.756. The molecule has 9 heteroatoms. The molecule has 0 spiro atoms. The van der Waals surface area contributed by atoms with E-state index in [1.54, 1.807) is 30.3 Å². The molecule has 1 heterocycles. The number of anilines is 1. The van der Waals surface area contributed by atoms with E-state index in [4.69, 9.17) is 10.4 Å². The third-order valence-electron chi connectivity index (χ3n) is 4.22. The summed E-state index contributed by atoms with van der Waals surface area (Å²) in [6, 6.07) is 12.7. The minimum Gasteiger partial charge on any atom is -0.374 e. The van der Waals surface area contributed by atoms with Gasteiger partial charge in [-0.05, 0) is 29.8 Å². The molecule has 1 aliphatic heterocycles. The predicted octanol–water partition coefficient (Wildman–Crippen LogP) is 1.74. The monoisotopic (exact) mass is 435 g/mol. The van der Waals surface area contributed by atoms with E-state index in [0.29, 0.717) is 16.8 Å². The van der Waals surface area contributed by atoms with Crippen LogP contribution in [0.5, 0.6) is 0 Å². The Morgan fingerprint density at radius 1 is 1.23 bits per heavy atom. The number of nitrogens with zero attached hydrogens (tertiary/aromatic N) is 2. The van der Waals surface area contributed by atoms with Gasteiger partial charge in [-0.3, -0.25) is 4.79 Å². The Labute approximate surface area is 158 Å². The minimum absolute atomic E-state index is 0.0295. The molecule has 3 rings (SSSR count). The number of nitriles is 1. The third kappa shape index (κ3) is 3.12. The lowest BCUT2D eigenvalue weighted by Gasteiger charge is -2.21. The van der Waals surface area contributed by atoms with Crippen LogP contribution in [-0.2, 0) is 27.0 Å². The van der Waals surface area contributed by atoms with Gasteiger partial charge in [0.05, 0.1) is 29.6 Å². The third-order valence-corrected chi connectivity index (χ3v) is 5.65. The molecule has 1 aliphatic rings. The molecule has 3 N–H and O–H groups in total. The van der Waals surface area contributed by atoms with Gasteiger partial charge in [0.15, 0.2) is 5.60 Å². The highest BCUT2D eigenvalue weighted by atomic mass is 79.9. The molecule has 0 saturated carbocycles. The summed E-state index contributed by atoms with van der Waals surface area (Å²) in [5.41, 5.74) is -0.380. The SMILES string of the molecule is N#CCC1(O)C(=O)N(Cc2ccc(S(N)(=O)=O)cc2)c2cc(Br)ccc21. The van der Waals surface area contributed by atoms with Crippen molar-refractivity contribution >= 4 is 37.5 Å². The molecule has 2 aromatic carbocycles. The van der Waals surface area contributed by atoms with Crippen LogP contribution in [0.1, 0.15) is 17.5 Å². The molecule has 0 saturated heterocycles. The predicted molar refractivity (Wildman–Crippen MR) is 97.3 cm³/mol. The molecule has 2 aromatic rings. The van der Waals surface area contributed by atoms with Crippen LogP contribution in [-0.4, -0.2) is 19.4 Å². The van der Waals surface area contributed by atoms with E-state index in [1.165, 1.54) is 17.0 Å². The van der Waals surface area contributed by atoms with Gasteiger partial charge in [0.1, 0.15) is 0 Å². The standard InChI is InChI=1S/C17H14BrN3O4S/c18-12-3-6-14-15(9-12)21(16(22)17(14,23)7-8-19)10-11-1-4-13(5-2-11)26(20,24)25/h1-6,9,23H,7,10H2,(H2,20,24,25). The van der Waals surface area contributed by atoms with E-state index < -0.39 is 21.5 Å². The zero-order valence-corrected chi connectivity index (χ0v) is 15.8.